The molecule has 2 atom stereocenters. The first-order chi connectivity index (χ1) is 16.6. The largest absolute Gasteiger partial charge is 0.481 e. The number of ether oxygens (including phenoxy) is 2. The van der Waals surface area contributed by atoms with Gasteiger partial charge in [-0.15, -0.1) is 0 Å². The summed E-state index contributed by atoms with van der Waals surface area (Å²) in [6.07, 6.45) is 3.21. The molecule has 0 saturated heterocycles. The Bertz CT molecular complexity index is 1080. The van der Waals surface area contributed by atoms with Crippen molar-refractivity contribution in [3.8, 4) is 5.69 Å². The molecule has 9 nitrogen and oxygen atoms in total. The van der Waals surface area contributed by atoms with Crippen molar-refractivity contribution in [1.82, 2.24) is 14.5 Å². The van der Waals surface area contributed by atoms with Crippen molar-refractivity contribution >= 4 is 18.2 Å². The van der Waals surface area contributed by atoms with E-state index in [1.807, 2.05) is 35.8 Å². The van der Waals surface area contributed by atoms with Gasteiger partial charge in [0.25, 0.3) is 0 Å². The molecule has 1 saturated carbocycles. The average molecular weight is 500 g/mol. The number of amides is 2. The van der Waals surface area contributed by atoms with E-state index in [0.717, 1.165) is 16.2 Å². The van der Waals surface area contributed by atoms with E-state index in [0.29, 0.717) is 25.0 Å². The Morgan fingerprint density at radius 2 is 1.61 bits per heavy atom. The Kier molecular flexibility index (Phi) is 7.53. The number of imide groups is 1. The van der Waals surface area contributed by atoms with Crippen LogP contribution in [0.1, 0.15) is 72.1 Å². The molecule has 1 aliphatic rings. The van der Waals surface area contributed by atoms with Gasteiger partial charge in [0.1, 0.15) is 16.6 Å². The molecule has 3 rings (SSSR count). The van der Waals surface area contributed by atoms with Crippen molar-refractivity contribution in [1.29, 1.82) is 0 Å². The van der Waals surface area contributed by atoms with Crippen LogP contribution in [-0.2, 0) is 19.7 Å². The van der Waals surface area contributed by atoms with Gasteiger partial charge in [-0.1, -0.05) is 17.7 Å². The van der Waals surface area contributed by atoms with Gasteiger partial charge in [0.2, 0.25) is 0 Å². The van der Waals surface area contributed by atoms with Gasteiger partial charge in [-0.2, -0.15) is 0 Å². The zero-order valence-corrected chi connectivity index (χ0v) is 22.2. The number of imidazole rings is 1. The summed E-state index contributed by atoms with van der Waals surface area (Å²) in [5.41, 5.74) is -0.0710. The summed E-state index contributed by atoms with van der Waals surface area (Å²) >= 11 is 0. The molecular weight excluding hydrogens is 462 g/mol. The highest BCUT2D eigenvalue weighted by Gasteiger charge is 2.62. The lowest BCUT2D eigenvalue weighted by molar-refractivity contribution is -0.140. The number of benzene rings is 1. The zero-order chi connectivity index (χ0) is 26.9. The normalized spacial score (nSPS) is 19.5. The minimum Gasteiger partial charge on any atom is -0.481 e. The van der Waals surface area contributed by atoms with E-state index in [-0.39, 0.29) is 12.5 Å². The van der Waals surface area contributed by atoms with Gasteiger partial charge in [0, 0.05) is 18.4 Å². The highest BCUT2D eigenvalue weighted by molar-refractivity contribution is 5.88. The van der Waals surface area contributed by atoms with Crippen LogP contribution in [0.15, 0.2) is 36.8 Å². The van der Waals surface area contributed by atoms with E-state index in [9.17, 15) is 19.5 Å². The van der Waals surface area contributed by atoms with Gasteiger partial charge in [-0.3, -0.25) is 4.79 Å². The Balaban J connectivity index is 1.69. The van der Waals surface area contributed by atoms with E-state index in [1.54, 1.807) is 54.1 Å². The number of carboxylic acids is 1. The van der Waals surface area contributed by atoms with Crippen LogP contribution in [0.2, 0.25) is 0 Å². The van der Waals surface area contributed by atoms with E-state index in [4.69, 9.17) is 9.47 Å². The van der Waals surface area contributed by atoms with Crippen LogP contribution in [0.3, 0.4) is 0 Å². The number of carbonyl (C=O) groups excluding carboxylic acids is 2. The number of carboxylic acid groups (broad SMARTS) is 1. The summed E-state index contributed by atoms with van der Waals surface area (Å²) in [7, 11) is 0. The molecule has 1 N–H and O–H groups in total. The Hall–Kier alpha value is -3.36. The third-order valence-corrected chi connectivity index (χ3v) is 6.02. The zero-order valence-electron chi connectivity index (χ0n) is 22.2. The smallest absolute Gasteiger partial charge is 0.419 e. The summed E-state index contributed by atoms with van der Waals surface area (Å²) in [4.78, 5) is 43.1. The Morgan fingerprint density at radius 3 is 2.11 bits per heavy atom. The number of aryl methyl sites for hydroxylation is 1. The van der Waals surface area contributed by atoms with Crippen LogP contribution < -0.4 is 0 Å². The first kappa shape index (κ1) is 27.2. The second-order valence-corrected chi connectivity index (χ2v) is 11.4. The quantitative estimate of drug-likeness (QED) is 0.537. The SMILES string of the molecule is Cc1ccc(-n2cnc(C3(C(=O)O)CC3CCCN(C(=O)OC(C)(C)C)C(=O)OC(C)(C)C)c2)cc1. The van der Waals surface area contributed by atoms with Gasteiger partial charge in [0.05, 0.1) is 12.0 Å². The molecule has 9 heteroatoms. The summed E-state index contributed by atoms with van der Waals surface area (Å²) in [6, 6.07) is 7.90. The van der Waals surface area contributed by atoms with Gasteiger partial charge >= 0.3 is 18.2 Å². The van der Waals surface area contributed by atoms with Crippen LogP contribution in [0.25, 0.3) is 5.69 Å². The maximum absolute atomic E-state index is 12.7. The number of aliphatic carboxylic acids is 1. The lowest BCUT2D eigenvalue weighted by Gasteiger charge is -2.28. The second-order valence-electron chi connectivity index (χ2n) is 11.4. The molecule has 2 aromatic rings. The molecule has 1 heterocycles. The van der Waals surface area contributed by atoms with E-state index in [2.05, 4.69) is 4.98 Å². The predicted octanol–water partition coefficient (Wildman–Crippen LogP) is 5.48. The summed E-state index contributed by atoms with van der Waals surface area (Å²) < 4.78 is 12.6. The molecule has 36 heavy (non-hydrogen) atoms. The molecule has 1 fully saturated rings. The summed E-state index contributed by atoms with van der Waals surface area (Å²) in [5.74, 6) is -1.08. The van der Waals surface area contributed by atoms with Crippen molar-refractivity contribution in [2.24, 2.45) is 5.92 Å². The molecule has 0 bridgehead atoms. The van der Waals surface area contributed by atoms with Crippen LogP contribution in [-0.4, -0.2) is 55.5 Å². The molecule has 0 radical (unpaired) electrons. The van der Waals surface area contributed by atoms with Crippen molar-refractivity contribution in [2.45, 2.75) is 84.3 Å². The highest BCUT2D eigenvalue weighted by Crippen LogP contribution is 2.56. The number of aromatic nitrogens is 2. The fourth-order valence-electron chi connectivity index (χ4n) is 4.16. The predicted molar refractivity (Wildman–Crippen MR) is 134 cm³/mol. The first-order valence-corrected chi connectivity index (χ1v) is 12.2. The van der Waals surface area contributed by atoms with Crippen molar-refractivity contribution in [3.05, 3.63) is 48.0 Å². The average Bonchev–Trinajstić information content (AvgIpc) is 3.25. The van der Waals surface area contributed by atoms with Gasteiger partial charge < -0.3 is 19.1 Å². The molecule has 196 valence electrons. The lowest BCUT2D eigenvalue weighted by Crippen LogP contribution is -2.44. The number of rotatable bonds is 7. The molecule has 0 spiro atoms. The Labute approximate surface area is 212 Å². The minimum absolute atomic E-state index is 0.0633. The highest BCUT2D eigenvalue weighted by atomic mass is 16.6. The Morgan fingerprint density at radius 1 is 1.06 bits per heavy atom. The molecule has 1 aliphatic carbocycles. The second kappa shape index (κ2) is 9.95. The molecule has 0 aliphatic heterocycles. The molecule has 2 amide bonds. The molecule has 1 aromatic heterocycles. The number of carbonyl (C=O) groups is 3. The first-order valence-electron chi connectivity index (χ1n) is 12.2. The van der Waals surface area contributed by atoms with E-state index in [1.165, 1.54) is 0 Å². The molecule has 1 aromatic carbocycles. The third-order valence-electron chi connectivity index (χ3n) is 6.02. The summed E-state index contributed by atoms with van der Waals surface area (Å²) in [5, 5.41) is 10.1. The number of hydrogen-bond acceptors (Lipinski definition) is 6. The van der Waals surface area contributed by atoms with Gasteiger partial charge in [-0.25, -0.2) is 19.5 Å². The third kappa shape index (κ3) is 6.44. The van der Waals surface area contributed by atoms with Crippen LogP contribution in [0, 0.1) is 12.8 Å². The minimum atomic E-state index is -1.07. The van der Waals surface area contributed by atoms with Crippen LogP contribution >= 0.6 is 0 Å². The fraction of sp³-hybridized carbons (Fsp3) is 0.556. The summed E-state index contributed by atoms with van der Waals surface area (Å²) in [6.45, 7) is 12.4. The molecule has 2 unspecified atom stereocenters. The standard InChI is InChI=1S/C27H37N3O6/c1-18-10-12-20(13-11-18)29-16-21(28-17-29)27(22(31)32)15-19(27)9-8-14-30(23(33)35-25(2,3)4)24(34)36-26(5,6)7/h10-13,16-17,19H,8-9,14-15H2,1-7H3,(H,31,32). The number of nitrogens with zero attached hydrogens (tertiary/aromatic N) is 3. The maximum Gasteiger partial charge on any atom is 0.419 e. The van der Waals surface area contributed by atoms with Crippen LogP contribution in [0.5, 0.6) is 0 Å². The van der Waals surface area contributed by atoms with E-state index >= 15 is 0 Å². The monoisotopic (exact) mass is 499 g/mol. The van der Waals surface area contributed by atoms with Crippen molar-refractivity contribution in [3.63, 3.8) is 0 Å². The van der Waals surface area contributed by atoms with E-state index < -0.39 is 34.8 Å². The molecular formula is C27H37N3O6. The van der Waals surface area contributed by atoms with Crippen molar-refractivity contribution < 1.29 is 29.0 Å². The topological polar surface area (TPSA) is 111 Å². The fourth-order valence-corrected chi connectivity index (χ4v) is 4.16. The maximum atomic E-state index is 12.7. The lowest BCUT2D eigenvalue weighted by atomic mass is 9.97. The van der Waals surface area contributed by atoms with Crippen molar-refractivity contribution in [2.75, 3.05) is 6.54 Å². The van der Waals surface area contributed by atoms with Gasteiger partial charge in [0.15, 0.2) is 0 Å². The number of hydrogen-bond donors (Lipinski definition) is 1. The van der Waals surface area contributed by atoms with Crippen LogP contribution in [0.4, 0.5) is 9.59 Å². The van der Waals surface area contributed by atoms with Gasteiger partial charge in [-0.05, 0) is 85.8 Å².